The van der Waals surface area contributed by atoms with Crippen molar-refractivity contribution in [1.82, 2.24) is 29.4 Å². The summed E-state index contributed by atoms with van der Waals surface area (Å²) in [6, 6.07) is 0.513. The van der Waals surface area contributed by atoms with E-state index in [1.807, 2.05) is 0 Å². The number of aromatic nitrogens is 5. The van der Waals surface area contributed by atoms with Gasteiger partial charge in [-0.3, -0.25) is 4.57 Å². The third-order valence-electron chi connectivity index (χ3n) is 3.21. The monoisotopic (exact) mass is 290 g/mol. The van der Waals surface area contributed by atoms with Crippen molar-refractivity contribution in [3.8, 4) is 5.95 Å². The average molecular weight is 290 g/mol. The Balaban J connectivity index is 2.07. The van der Waals surface area contributed by atoms with Crippen LogP contribution in [0, 0.1) is 0 Å². The number of rotatable bonds is 7. The second-order valence-corrected chi connectivity index (χ2v) is 5.00. The SMILES string of the molecule is CNc1nc(NCCN(C)C(C)C)nc(-n2ccnc2)n1. The molecular weight excluding hydrogens is 268 g/mol. The van der Waals surface area contributed by atoms with Crippen molar-refractivity contribution in [2.45, 2.75) is 19.9 Å². The molecule has 0 aliphatic rings. The highest BCUT2D eigenvalue weighted by atomic mass is 15.3. The molecule has 0 spiro atoms. The molecule has 0 aromatic carbocycles. The lowest BCUT2D eigenvalue weighted by molar-refractivity contribution is 0.284. The summed E-state index contributed by atoms with van der Waals surface area (Å²) in [6.45, 7) is 6.02. The van der Waals surface area contributed by atoms with Crippen LogP contribution in [-0.4, -0.2) is 62.6 Å². The van der Waals surface area contributed by atoms with Crippen LogP contribution >= 0.6 is 0 Å². The van der Waals surface area contributed by atoms with E-state index in [9.17, 15) is 0 Å². The van der Waals surface area contributed by atoms with E-state index in [1.165, 1.54) is 0 Å². The molecule has 0 fully saturated rings. The summed E-state index contributed by atoms with van der Waals surface area (Å²) >= 11 is 0. The van der Waals surface area contributed by atoms with Crippen LogP contribution in [0.1, 0.15) is 13.8 Å². The van der Waals surface area contributed by atoms with Gasteiger partial charge in [0.1, 0.15) is 6.33 Å². The molecule has 0 bridgehead atoms. The average Bonchev–Trinajstić information content (AvgIpc) is 3.01. The van der Waals surface area contributed by atoms with Crippen molar-refractivity contribution >= 4 is 11.9 Å². The lowest BCUT2D eigenvalue weighted by atomic mass is 10.3. The molecule has 0 amide bonds. The quantitative estimate of drug-likeness (QED) is 0.782. The van der Waals surface area contributed by atoms with Crippen LogP contribution in [0.25, 0.3) is 5.95 Å². The summed E-state index contributed by atoms with van der Waals surface area (Å²) in [5.74, 6) is 1.61. The van der Waals surface area contributed by atoms with Crippen LogP contribution < -0.4 is 10.6 Å². The summed E-state index contributed by atoms with van der Waals surface area (Å²) in [6.07, 6.45) is 5.14. The first-order chi connectivity index (χ1) is 10.1. The van der Waals surface area contributed by atoms with Gasteiger partial charge in [0.05, 0.1) is 0 Å². The normalized spacial score (nSPS) is 11.1. The number of nitrogens with one attached hydrogen (secondary N) is 2. The van der Waals surface area contributed by atoms with E-state index >= 15 is 0 Å². The Labute approximate surface area is 124 Å². The molecule has 0 saturated carbocycles. The Kier molecular flexibility index (Phi) is 5.04. The van der Waals surface area contributed by atoms with Gasteiger partial charge in [-0.05, 0) is 20.9 Å². The van der Waals surface area contributed by atoms with Crippen molar-refractivity contribution < 1.29 is 0 Å². The van der Waals surface area contributed by atoms with E-state index in [0.29, 0.717) is 23.9 Å². The van der Waals surface area contributed by atoms with Gasteiger partial charge in [-0.25, -0.2) is 4.98 Å². The third-order valence-corrected chi connectivity index (χ3v) is 3.21. The van der Waals surface area contributed by atoms with Gasteiger partial charge in [-0.15, -0.1) is 0 Å². The minimum atomic E-state index is 0.513. The molecule has 0 unspecified atom stereocenters. The number of likely N-dealkylation sites (N-methyl/N-ethyl adjacent to an activating group) is 1. The van der Waals surface area contributed by atoms with Gasteiger partial charge in [-0.1, -0.05) is 0 Å². The second kappa shape index (κ2) is 6.98. The lowest BCUT2D eigenvalue weighted by Crippen LogP contribution is -2.31. The number of imidazole rings is 1. The van der Waals surface area contributed by atoms with Gasteiger partial charge in [0, 0.05) is 38.6 Å². The number of hydrogen-bond donors (Lipinski definition) is 2. The van der Waals surface area contributed by atoms with E-state index in [1.54, 1.807) is 30.3 Å². The van der Waals surface area contributed by atoms with Crippen LogP contribution in [0.3, 0.4) is 0 Å². The molecule has 0 saturated heterocycles. The maximum absolute atomic E-state index is 4.40. The Bertz CT molecular complexity index is 551. The second-order valence-electron chi connectivity index (χ2n) is 5.00. The van der Waals surface area contributed by atoms with Crippen LogP contribution in [0.4, 0.5) is 11.9 Å². The van der Waals surface area contributed by atoms with Crippen molar-refractivity contribution in [2.24, 2.45) is 0 Å². The lowest BCUT2D eigenvalue weighted by Gasteiger charge is -2.20. The van der Waals surface area contributed by atoms with Gasteiger partial charge in [-0.2, -0.15) is 15.0 Å². The van der Waals surface area contributed by atoms with Crippen molar-refractivity contribution in [1.29, 1.82) is 0 Å². The largest absolute Gasteiger partial charge is 0.357 e. The van der Waals surface area contributed by atoms with Crippen LogP contribution in [0.2, 0.25) is 0 Å². The maximum atomic E-state index is 4.40. The first kappa shape index (κ1) is 15.2. The highest BCUT2D eigenvalue weighted by Gasteiger charge is 2.08. The van der Waals surface area contributed by atoms with Gasteiger partial charge in [0.25, 0.3) is 0 Å². The van der Waals surface area contributed by atoms with Gasteiger partial charge < -0.3 is 15.5 Å². The van der Waals surface area contributed by atoms with E-state index in [2.05, 4.69) is 56.4 Å². The summed E-state index contributed by atoms with van der Waals surface area (Å²) in [5.41, 5.74) is 0. The summed E-state index contributed by atoms with van der Waals surface area (Å²) in [4.78, 5) is 19.3. The molecule has 0 aliphatic heterocycles. The predicted octanol–water partition coefficient (Wildman–Crippen LogP) is 0.851. The van der Waals surface area contributed by atoms with Crippen LogP contribution in [-0.2, 0) is 0 Å². The molecule has 8 heteroatoms. The number of nitrogens with zero attached hydrogens (tertiary/aromatic N) is 6. The zero-order chi connectivity index (χ0) is 15.2. The van der Waals surface area contributed by atoms with Crippen molar-refractivity contribution in [3.05, 3.63) is 18.7 Å². The van der Waals surface area contributed by atoms with Gasteiger partial charge >= 0.3 is 0 Å². The minimum Gasteiger partial charge on any atom is -0.357 e. The maximum Gasteiger partial charge on any atom is 0.241 e. The third kappa shape index (κ3) is 4.12. The molecule has 2 aromatic heterocycles. The topological polar surface area (TPSA) is 83.8 Å². The Morgan fingerprint density at radius 3 is 2.62 bits per heavy atom. The highest BCUT2D eigenvalue weighted by Crippen LogP contribution is 2.08. The summed E-state index contributed by atoms with van der Waals surface area (Å²) in [5, 5.41) is 6.17. The molecule has 8 nitrogen and oxygen atoms in total. The van der Waals surface area contributed by atoms with E-state index in [-0.39, 0.29) is 0 Å². The first-order valence-electron chi connectivity index (χ1n) is 6.96. The molecular formula is C13H22N8. The summed E-state index contributed by atoms with van der Waals surface area (Å²) < 4.78 is 1.74. The van der Waals surface area contributed by atoms with Crippen molar-refractivity contribution in [2.75, 3.05) is 37.8 Å². The molecule has 2 heterocycles. The first-order valence-corrected chi connectivity index (χ1v) is 6.96. The fourth-order valence-corrected chi connectivity index (χ4v) is 1.65. The smallest absolute Gasteiger partial charge is 0.241 e. The molecule has 2 rings (SSSR count). The van der Waals surface area contributed by atoms with Crippen LogP contribution in [0.15, 0.2) is 18.7 Å². The zero-order valence-corrected chi connectivity index (χ0v) is 12.9. The molecule has 0 aliphatic carbocycles. The molecule has 2 N–H and O–H groups in total. The summed E-state index contributed by atoms with van der Waals surface area (Å²) in [7, 11) is 3.87. The molecule has 0 atom stereocenters. The number of anilines is 2. The highest BCUT2D eigenvalue weighted by molar-refractivity contribution is 5.37. The fourth-order valence-electron chi connectivity index (χ4n) is 1.65. The molecule has 2 aromatic rings. The van der Waals surface area contributed by atoms with E-state index in [0.717, 1.165) is 13.1 Å². The predicted molar refractivity (Wildman–Crippen MR) is 82.8 cm³/mol. The van der Waals surface area contributed by atoms with E-state index in [4.69, 9.17) is 0 Å². The zero-order valence-electron chi connectivity index (χ0n) is 12.9. The Hall–Kier alpha value is -2.22. The fraction of sp³-hybridized carbons (Fsp3) is 0.538. The minimum absolute atomic E-state index is 0.513. The van der Waals surface area contributed by atoms with E-state index < -0.39 is 0 Å². The van der Waals surface area contributed by atoms with Gasteiger partial charge in [0.15, 0.2) is 0 Å². The van der Waals surface area contributed by atoms with Gasteiger partial charge in [0.2, 0.25) is 17.8 Å². The van der Waals surface area contributed by atoms with Crippen LogP contribution in [0.5, 0.6) is 0 Å². The number of hydrogen-bond acceptors (Lipinski definition) is 7. The Morgan fingerprint density at radius 2 is 2.00 bits per heavy atom. The van der Waals surface area contributed by atoms with Crippen molar-refractivity contribution in [3.63, 3.8) is 0 Å². The molecule has 114 valence electrons. The molecule has 0 radical (unpaired) electrons. The molecule has 21 heavy (non-hydrogen) atoms. The standard InChI is InChI=1S/C13H22N8/c1-10(2)20(4)7-6-16-12-17-11(14-3)18-13(19-12)21-8-5-15-9-21/h5,8-10H,6-7H2,1-4H3,(H2,14,16,17,18,19). The Morgan fingerprint density at radius 1 is 1.24 bits per heavy atom.